The van der Waals surface area contributed by atoms with Crippen LogP contribution in [-0.4, -0.2) is 70.4 Å². The smallest absolute Gasteiger partial charge is 0.254 e. The number of nitrogens with one attached hydrogen (secondary N) is 1. The first-order valence-electron chi connectivity index (χ1n) is 9.88. The quantitative estimate of drug-likeness (QED) is 0.564. The van der Waals surface area contributed by atoms with E-state index in [1.807, 2.05) is 34.9 Å². The summed E-state index contributed by atoms with van der Waals surface area (Å²) in [6, 6.07) is 9.64. The minimum atomic E-state index is -0.186. The molecular weight excluding hydrogens is 366 g/mol. The number of carbonyl (C=O) groups is 1. The number of rotatable bonds is 2. The van der Waals surface area contributed by atoms with E-state index in [1.165, 1.54) is 0 Å². The molecule has 0 spiro atoms. The van der Waals surface area contributed by atoms with Crippen molar-refractivity contribution in [2.24, 2.45) is 0 Å². The summed E-state index contributed by atoms with van der Waals surface area (Å²) in [6.45, 7) is 3.96. The molecule has 1 fully saturated rings. The molecule has 0 saturated carbocycles. The molecule has 3 aromatic heterocycles. The van der Waals surface area contributed by atoms with Gasteiger partial charge >= 0.3 is 0 Å². The highest BCUT2D eigenvalue weighted by molar-refractivity contribution is 6.04. The highest BCUT2D eigenvalue weighted by atomic mass is 16.1. The fraction of sp³-hybridized carbons (Fsp3) is 0.333. The molecule has 0 aliphatic carbocycles. The summed E-state index contributed by atoms with van der Waals surface area (Å²) >= 11 is 0. The third kappa shape index (κ3) is 2.96. The fourth-order valence-corrected chi connectivity index (χ4v) is 4.00. The Bertz CT molecular complexity index is 1230. The van der Waals surface area contributed by atoms with Gasteiger partial charge in [-0.1, -0.05) is 12.1 Å². The molecule has 4 heterocycles. The highest BCUT2D eigenvalue weighted by Crippen LogP contribution is 2.26. The minimum absolute atomic E-state index is 0.186. The number of para-hydroxylation sites is 2. The van der Waals surface area contributed by atoms with Gasteiger partial charge in [-0.2, -0.15) is 0 Å². The van der Waals surface area contributed by atoms with Crippen molar-refractivity contribution < 1.29 is 4.79 Å². The molecule has 1 saturated heterocycles. The zero-order chi connectivity index (χ0) is 20.0. The van der Waals surface area contributed by atoms with Crippen LogP contribution in [0.25, 0.3) is 27.8 Å². The van der Waals surface area contributed by atoms with Crippen LogP contribution in [0, 0.1) is 0 Å². The van der Waals surface area contributed by atoms with Crippen molar-refractivity contribution in [1.29, 1.82) is 0 Å². The topological polar surface area (TPSA) is 78.7 Å². The largest absolute Gasteiger partial charge is 0.355 e. The molecule has 148 valence electrons. The lowest BCUT2D eigenvalue weighted by molar-refractivity contribution is 0.0964. The number of aromatic nitrogens is 4. The number of anilines is 1. The Morgan fingerprint density at radius 3 is 2.76 bits per heavy atom. The van der Waals surface area contributed by atoms with E-state index in [0.717, 1.165) is 55.1 Å². The number of carbonyl (C=O) groups excluding carboxylic acids is 1. The van der Waals surface area contributed by atoms with E-state index in [4.69, 9.17) is 9.97 Å². The Morgan fingerprint density at radius 1 is 1.03 bits per heavy atom. The number of hydrogen-bond donors (Lipinski definition) is 1. The molecule has 0 radical (unpaired) electrons. The first-order chi connectivity index (χ1) is 14.2. The second-order valence-electron chi connectivity index (χ2n) is 7.48. The van der Waals surface area contributed by atoms with E-state index in [1.54, 1.807) is 13.1 Å². The molecule has 1 amide bonds. The minimum Gasteiger partial charge on any atom is -0.355 e. The Kier molecular flexibility index (Phi) is 4.28. The first kappa shape index (κ1) is 17.8. The van der Waals surface area contributed by atoms with Crippen molar-refractivity contribution in [2.75, 3.05) is 45.2 Å². The van der Waals surface area contributed by atoms with Crippen LogP contribution in [0.1, 0.15) is 16.8 Å². The number of hydrogen-bond acceptors (Lipinski definition) is 6. The number of benzene rings is 1. The van der Waals surface area contributed by atoms with Crippen LogP contribution in [-0.2, 0) is 0 Å². The van der Waals surface area contributed by atoms with Gasteiger partial charge in [-0.25, -0.2) is 15.0 Å². The van der Waals surface area contributed by atoms with Gasteiger partial charge < -0.3 is 15.1 Å². The van der Waals surface area contributed by atoms with E-state index in [2.05, 4.69) is 27.1 Å². The zero-order valence-corrected chi connectivity index (χ0v) is 16.6. The summed E-state index contributed by atoms with van der Waals surface area (Å²) < 4.78 is 1.95. The maximum absolute atomic E-state index is 12.5. The van der Waals surface area contributed by atoms with Gasteiger partial charge in [-0.05, 0) is 38.2 Å². The number of imidazole rings is 1. The molecule has 0 bridgehead atoms. The highest BCUT2D eigenvalue weighted by Gasteiger charge is 2.20. The summed E-state index contributed by atoms with van der Waals surface area (Å²) in [4.78, 5) is 31.5. The Labute approximate surface area is 168 Å². The maximum atomic E-state index is 12.5. The Hall–Kier alpha value is -3.26. The molecular formula is C21H23N7O. The molecule has 1 aliphatic rings. The van der Waals surface area contributed by atoms with E-state index in [0.29, 0.717) is 16.7 Å². The van der Waals surface area contributed by atoms with Crippen LogP contribution in [0.2, 0.25) is 0 Å². The van der Waals surface area contributed by atoms with E-state index < -0.39 is 0 Å². The third-order valence-electron chi connectivity index (χ3n) is 5.58. The van der Waals surface area contributed by atoms with Gasteiger partial charge in [0, 0.05) is 26.7 Å². The molecule has 1 aromatic carbocycles. The summed E-state index contributed by atoms with van der Waals surface area (Å²) in [5, 5.41) is 2.70. The second-order valence-corrected chi connectivity index (χ2v) is 7.48. The molecule has 0 atom stereocenters. The SMILES string of the molecule is CNC(=O)c1cc2ncc(N3CCCN(C)CC3)nc2n2c1nc1ccccc12. The number of likely N-dealkylation sites (N-methyl/N-ethyl adjacent to an activating group) is 1. The van der Waals surface area contributed by atoms with E-state index >= 15 is 0 Å². The Balaban J connectivity index is 1.76. The predicted molar refractivity (Wildman–Crippen MR) is 114 cm³/mol. The molecule has 4 aromatic rings. The molecule has 1 N–H and O–H groups in total. The summed E-state index contributed by atoms with van der Waals surface area (Å²) in [5.41, 5.74) is 4.23. The van der Waals surface area contributed by atoms with Gasteiger partial charge in [0.25, 0.3) is 5.91 Å². The number of amides is 1. The standard InChI is InChI=1S/C21H23N7O/c1-22-21(29)14-12-16-20(28-17-7-4-3-6-15(17)24-19(14)28)25-18(13-23-16)27-9-5-8-26(2)10-11-27/h3-4,6-7,12-13H,5,8-11H2,1-2H3,(H,22,29). The van der Waals surface area contributed by atoms with Crippen LogP contribution in [0.15, 0.2) is 36.5 Å². The van der Waals surface area contributed by atoms with Crippen molar-refractivity contribution in [2.45, 2.75) is 6.42 Å². The van der Waals surface area contributed by atoms with Crippen LogP contribution < -0.4 is 10.2 Å². The lowest BCUT2D eigenvalue weighted by Crippen LogP contribution is -2.29. The van der Waals surface area contributed by atoms with Crippen LogP contribution in [0.5, 0.6) is 0 Å². The van der Waals surface area contributed by atoms with Crippen molar-refractivity contribution in [3.05, 3.63) is 42.1 Å². The van der Waals surface area contributed by atoms with Crippen molar-refractivity contribution in [3.8, 4) is 0 Å². The lowest BCUT2D eigenvalue weighted by atomic mass is 10.2. The summed E-state index contributed by atoms with van der Waals surface area (Å²) in [7, 11) is 3.77. The average Bonchev–Trinajstić information content (AvgIpc) is 3.01. The van der Waals surface area contributed by atoms with Crippen LogP contribution >= 0.6 is 0 Å². The van der Waals surface area contributed by atoms with Gasteiger partial charge in [0.2, 0.25) is 0 Å². The molecule has 5 rings (SSSR count). The molecule has 8 heteroatoms. The fourth-order valence-electron chi connectivity index (χ4n) is 4.00. The monoisotopic (exact) mass is 389 g/mol. The van der Waals surface area contributed by atoms with Gasteiger partial charge in [0.05, 0.1) is 22.8 Å². The summed E-state index contributed by atoms with van der Waals surface area (Å²) in [6.07, 6.45) is 2.90. The molecule has 1 aliphatic heterocycles. The van der Waals surface area contributed by atoms with E-state index in [9.17, 15) is 4.79 Å². The van der Waals surface area contributed by atoms with Gasteiger partial charge in [0.15, 0.2) is 11.3 Å². The molecule has 8 nitrogen and oxygen atoms in total. The number of pyridine rings is 1. The second kappa shape index (κ2) is 6.97. The molecule has 0 unspecified atom stereocenters. The van der Waals surface area contributed by atoms with Crippen molar-refractivity contribution in [3.63, 3.8) is 0 Å². The van der Waals surface area contributed by atoms with Crippen molar-refractivity contribution in [1.82, 2.24) is 29.6 Å². The Morgan fingerprint density at radius 2 is 1.90 bits per heavy atom. The lowest BCUT2D eigenvalue weighted by Gasteiger charge is -2.21. The third-order valence-corrected chi connectivity index (χ3v) is 5.58. The summed E-state index contributed by atoms with van der Waals surface area (Å²) in [5.74, 6) is 0.674. The zero-order valence-electron chi connectivity index (χ0n) is 16.6. The van der Waals surface area contributed by atoms with Gasteiger partial charge in [-0.15, -0.1) is 0 Å². The normalized spacial score (nSPS) is 15.9. The van der Waals surface area contributed by atoms with Gasteiger partial charge in [-0.3, -0.25) is 9.20 Å². The average molecular weight is 389 g/mol. The van der Waals surface area contributed by atoms with E-state index in [-0.39, 0.29) is 5.91 Å². The number of nitrogens with zero attached hydrogens (tertiary/aromatic N) is 6. The predicted octanol–water partition coefficient (Wildman–Crippen LogP) is 1.93. The first-order valence-corrected chi connectivity index (χ1v) is 9.88. The van der Waals surface area contributed by atoms with Gasteiger partial charge in [0.1, 0.15) is 11.3 Å². The maximum Gasteiger partial charge on any atom is 0.254 e. The van der Waals surface area contributed by atoms with Crippen molar-refractivity contribution >= 4 is 39.6 Å². The van der Waals surface area contributed by atoms with Crippen LogP contribution in [0.4, 0.5) is 5.82 Å². The molecule has 29 heavy (non-hydrogen) atoms. The van der Waals surface area contributed by atoms with Crippen LogP contribution in [0.3, 0.4) is 0 Å². The number of fused-ring (bicyclic) bond motifs is 5.